The number of hydrogen-bond acceptors (Lipinski definition) is 4. The molecular weight excluding hydrogens is 234 g/mol. The molecule has 0 fully saturated rings. The van der Waals surface area contributed by atoms with Crippen molar-refractivity contribution in [3.8, 4) is 11.3 Å². The third kappa shape index (κ3) is 1.73. The zero-order valence-electron chi connectivity index (χ0n) is 9.29. The van der Waals surface area contributed by atoms with Crippen LogP contribution in [0.3, 0.4) is 0 Å². The van der Waals surface area contributed by atoms with Crippen LogP contribution in [0.2, 0.25) is 0 Å². The molecule has 0 amide bonds. The molecule has 0 aliphatic rings. The molecule has 0 aromatic carbocycles. The summed E-state index contributed by atoms with van der Waals surface area (Å²) in [4.78, 5) is 4.34. The Morgan fingerprint density at radius 2 is 2.29 bits per heavy atom. The second kappa shape index (κ2) is 3.94. The second-order valence-corrected chi connectivity index (χ2v) is 4.80. The van der Waals surface area contributed by atoms with E-state index in [2.05, 4.69) is 10.1 Å². The smallest absolute Gasteiger partial charge is 0.119 e. The van der Waals surface area contributed by atoms with E-state index in [4.69, 9.17) is 5.11 Å². The van der Waals surface area contributed by atoms with Gasteiger partial charge >= 0.3 is 0 Å². The van der Waals surface area contributed by atoms with E-state index in [1.54, 1.807) is 0 Å². The van der Waals surface area contributed by atoms with Gasteiger partial charge in [0.25, 0.3) is 0 Å². The normalized spacial score (nSPS) is 11.2. The van der Waals surface area contributed by atoms with Crippen LogP contribution in [-0.4, -0.2) is 19.7 Å². The van der Waals surface area contributed by atoms with E-state index in [0.29, 0.717) is 0 Å². The third-order valence-corrected chi connectivity index (χ3v) is 3.53. The van der Waals surface area contributed by atoms with Gasteiger partial charge in [0.15, 0.2) is 0 Å². The summed E-state index contributed by atoms with van der Waals surface area (Å²) in [6.45, 7) is 2.03. The Kier molecular flexibility index (Phi) is 2.42. The van der Waals surface area contributed by atoms with Crippen molar-refractivity contribution < 1.29 is 5.11 Å². The first-order valence-corrected chi connectivity index (χ1v) is 6.15. The molecule has 0 saturated heterocycles. The lowest BCUT2D eigenvalue weighted by Crippen LogP contribution is -1.89. The molecule has 0 radical (unpaired) electrons. The van der Waals surface area contributed by atoms with Crippen LogP contribution in [0.15, 0.2) is 29.9 Å². The van der Waals surface area contributed by atoms with Crippen molar-refractivity contribution in [1.29, 1.82) is 0 Å². The number of thiazole rings is 1. The summed E-state index contributed by atoms with van der Waals surface area (Å²) in [7, 11) is 0. The van der Waals surface area contributed by atoms with Gasteiger partial charge in [-0.2, -0.15) is 5.10 Å². The van der Waals surface area contributed by atoms with E-state index in [9.17, 15) is 0 Å². The van der Waals surface area contributed by atoms with Crippen molar-refractivity contribution >= 4 is 16.9 Å². The van der Waals surface area contributed by atoms with E-state index in [0.717, 1.165) is 27.3 Å². The van der Waals surface area contributed by atoms with Gasteiger partial charge in [-0.05, 0) is 24.6 Å². The number of rotatable bonds is 2. The van der Waals surface area contributed by atoms with Crippen LogP contribution in [0, 0.1) is 6.92 Å². The lowest BCUT2D eigenvalue weighted by Gasteiger charge is -1.99. The maximum absolute atomic E-state index is 9.00. The van der Waals surface area contributed by atoms with Gasteiger partial charge in [-0.3, -0.25) is 0 Å². The summed E-state index contributed by atoms with van der Waals surface area (Å²) in [5.74, 6) is 0. The first-order chi connectivity index (χ1) is 8.28. The number of hydrogen-bond donors (Lipinski definition) is 1. The van der Waals surface area contributed by atoms with Crippen molar-refractivity contribution in [2.75, 3.05) is 0 Å². The highest BCUT2D eigenvalue weighted by atomic mass is 32.1. The molecule has 86 valence electrons. The molecule has 3 aromatic heterocycles. The molecule has 17 heavy (non-hydrogen) atoms. The highest BCUT2D eigenvalue weighted by Crippen LogP contribution is 2.23. The van der Waals surface area contributed by atoms with E-state index in [1.165, 1.54) is 11.3 Å². The fourth-order valence-corrected chi connectivity index (χ4v) is 2.44. The Labute approximate surface area is 102 Å². The summed E-state index contributed by atoms with van der Waals surface area (Å²) < 4.78 is 1.85. The molecule has 0 atom stereocenters. The molecule has 0 spiro atoms. The lowest BCUT2D eigenvalue weighted by molar-refractivity contribution is 0.281. The van der Waals surface area contributed by atoms with Gasteiger partial charge < -0.3 is 5.11 Å². The van der Waals surface area contributed by atoms with Crippen LogP contribution in [0.5, 0.6) is 0 Å². The summed E-state index contributed by atoms with van der Waals surface area (Å²) in [6.07, 6.45) is 3.80. The van der Waals surface area contributed by atoms with Crippen LogP contribution in [0.4, 0.5) is 0 Å². The number of aliphatic hydroxyl groups is 1. The minimum Gasteiger partial charge on any atom is -0.389 e. The van der Waals surface area contributed by atoms with E-state index >= 15 is 0 Å². The van der Waals surface area contributed by atoms with Gasteiger partial charge in [0.1, 0.15) is 5.01 Å². The summed E-state index contributed by atoms with van der Waals surface area (Å²) in [5.41, 5.74) is 4.16. The largest absolute Gasteiger partial charge is 0.389 e. The molecule has 3 rings (SSSR count). The molecule has 5 heteroatoms. The van der Waals surface area contributed by atoms with E-state index in [1.807, 2.05) is 41.3 Å². The van der Waals surface area contributed by atoms with Crippen LogP contribution < -0.4 is 0 Å². The number of aliphatic hydroxyl groups excluding tert-OH is 1. The topological polar surface area (TPSA) is 50.4 Å². The average molecular weight is 245 g/mol. The molecule has 4 nitrogen and oxygen atoms in total. The Morgan fingerprint density at radius 1 is 1.41 bits per heavy atom. The maximum atomic E-state index is 9.00. The molecule has 1 N–H and O–H groups in total. The monoisotopic (exact) mass is 245 g/mol. The zero-order chi connectivity index (χ0) is 11.8. The van der Waals surface area contributed by atoms with E-state index < -0.39 is 0 Å². The quantitative estimate of drug-likeness (QED) is 0.753. The Hall–Kier alpha value is -1.72. The van der Waals surface area contributed by atoms with Crippen LogP contribution >= 0.6 is 11.3 Å². The SMILES string of the molecule is Cc1cnn2cc(-c3csc(CO)n3)ccc12. The first kappa shape index (κ1) is 10.4. The van der Waals surface area contributed by atoms with Crippen molar-refractivity contribution in [2.45, 2.75) is 13.5 Å². The molecule has 3 heterocycles. The highest BCUT2D eigenvalue weighted by Gasteiger charge is 2.06. The van der Waals surface area contributed by atoms with Gasteiger partial charge in [0.2, 0.25) is 0 Å². The van der Waals surface area contributed by atoms with Crippen molar-refractivity contribution in [1.82, 2.24) is 14.6 Å². The molecule has 0 saturated carbocycles. The Bertz CT molecular complexity index is 671. The minimum absolute atomic E-state index is 0.00616. The second-order valence-electron chi connectivity index (χ2n) is 3.86. The molecular formula is C12H11N3OS. The fraction of sp³-hybridized carbons (Fsp3) is 0.167. The molecule has 0 aliphatic carbocycles. The van der Waals surface area contributed by atoms with Crippen LogP contribution in [0.1, 0.15) is 10.6 Å². The molecule has 0 aliphatic heterocycles. The van der Waals surface area contributed by atoms with E-state index in [-0.39, 0.29) is 6.61 Å². The van der Waals surface area contributed by atoms with Gasteiger partial charge in [-0.1, -0.05) is 0 Å². The summed E-state index contributed by atoms with van der Waals surface area (Å²) in [5, 5.41) is 16.0. The van der Waals surface area contributed by atoms with Crippen LogP contribution in [0.25, 0.3) is 16.8 Å². The maximum Gasteiger partial charge on any atom is 0.119 e. The van der Waals surface area contributed by atoms with Crippen molar-refractivity contribution in [2.24, 2.45) is 0 Å². The lowest BCUT2D eigenvalue weighted by atomic mass is 10.2. The Balaban J connectivity index is 2.11. The molecule has 3 aromatic rings. The summed E-state index contributed by atoms with van der Waals surface area (Å²) >= 11 is 1.46. The Morgan fingerprint density at radius 3 is 3.06 bits per heavy atom. The number of aryl methyl sites for hydroxylation is 1. The molecule has 0 unspecified atom stereocenters. The number of fused-ring (bicyclic) bond motifs is 1. The van der Waals surface area contributed by atoms with Crippen molar-refractivity contribution in [3.05, 3.63) is 40.5 Å². The standard InChI is InChI=1S/C12H11N3OS/c1-8-4-13-15-5-9(2-3-11(8)15)10-7-17-12(6-16)14-10/h2-5,7,16H,6H2,1H3. The van der Waals surface area contributed by atoms with Gasteiger partial charge in [0.05, 0.1) is 24.0 Å². The predicted molar refractivity (Wildman–Crippen MR) is 67.0 cm³/mol. The summed E-state index contributed by atoms with van der Waals surface area (Å²) in [6, 6.07) is 4.07. The fourth-order valence-electron chi connectivity index (χ4n) is 1.78. The number of pyridine rings is 1. The average Bonchev–Trinajstić information content (AvgIpc) is 2.96. The van der Waals surface area contributed by atoms with Gasteiger partial charge in [-0.15, -0.1) is 11.3 Å². The number of aromatic nitrogens is 3. The van der Waals surface area contributed by atoms with Crippen molar-refractivity contribution in [3.63, 3.8) is 0 Å². The van der Waals surface area contributed by atoms with Gasteiger partial charge in [-0.25, -0.2) is 9.50 Å². The third-order valence-electron chi connectivity index (χ3n) is 2.69. The highest BCUT2D eigenvalue weighted by molar-refractivity contribution is 7.09. The van der Waals surface area contributed by atoms with Crippen LogP contribution in [-0.2, 0) is 6.61 Å². The zero-order valence-corrected chi connectivity index (χ0v) is 10.1. The molecule has 0 bridgehead atoms. The number of nitrogens with zero attached hydrogens (tertiary/aromatic N) is 3. The minimum atomic E-state index is -0.00616. The van der Waals surface area contributed by atoms with Gasteiger partial charge in [0, 0.05) is 17.1 Å². The first-order valence-electron chi connectivity index (χ1n) is 5.27. The predicted octanol–water partition coefficient (Wildman–Crippen LogP) is 2.26.